The van der Waals surface area contributed by atoms with E-state index in [1.807, 2.05) is 23.1 Å². The lowest BCUT2D eigenvalue weighted by Gasteiger charge is -2.42. The van der Waals surface area contributed by atoms with Crippen molar-refractivity contribution >= 4 is 44.4 Å². The second-order valence-electron chi connectivity index (χ2n) is 7.55. The molecule has 2 aromatic carbocycles. The standard InChI is InChI=1S/C20H21N5O3S2/c26-20(24-11-9-23(10-12-24)16-5-2-1-3-6-16)15-13-25(14-15)30(27,28)18-8-4-7-17-19(18)22-29-21-17/h1-8,15H,9-14H2. The second kappa shape index (κ2) is 7.60. The molecule has 156 valence electrons. The van der Waals surface area contributed by atoms with Gasteiger partial charge in [-0.3, -0.25) is 4.79 Å². The quantitative estimate of drug-likeness (QED) is 0.610. The van der Waals surface area contributed by atoms with Crippen molar-refractivity contribution in [1.29, 1.82) is 0 Å². The lowest BCUT2D eigenvalue weighted by Crippen LogP contribution is -2.59. The molecule has 1 amide bonds. The number of carbonyl (C=O) groups is 1. The maximum absolute atomic E-state index is 13.0. The third kappa shape index (κ3) is 3.34. The molecule has 1 aromatic heterocycles. The van der Waals surface area contributed by atoms with Crippen LogP contribution in [0.1, 0.15) is 0 Å². The van der Waals surface area contributed by atoms with Crippen molar-refractivity contribution in [2.24, 2.45) is 5.92 Å². The van der Waals surface area contributed by atoms with E-state index in [4.69, 9.17) is 0 Å². The molecule has 0 aliphatic carbocycles. The fourth-order valence-electron chi connectivity index (χ4n) is 4.00. The van der Waals surface area contributed by atoms with Crippen LogP contribution in [0.5, 0.6) is 0 Å². The molecule has 2 fully saturated rings. The summed E-state index contributed by atoms with van der Waals surface area (Å²) in [5, 5.41) is 0. The van der Waals surface area contributed by atoms with Crippen LogP contribution in [-0.2, 0) is 14.8 Å². The molecule has 2 aliphatic heterocycles. The van der Waals surface area contributed by atoms with E-state index in [9.17, 15) is 13.2 Å². The lowest BCUT2D eigenvalue weighted by atomic mass is 10.0. The zero-order chi connectivity index (χ0) is 20.7. The van der Waals surface area contributed by atoms with E-state index in [0.29, 0.717) is 24.1 Å². The van der Waals surface area contributed by atoms with Gasteiger partial charge < -0.3 is 9.80 Å². The van der Waals surface area contributed by atoms with Gasteiger partial charge >= 0.3 is 0 Å². The van der Waals surface area contributed by atoms with Crippen LogP contribution < -0.4 is 4.90 Å². The molecule has 3 heterocycles. The first-order valence-corrected chi connectivity index (χ1v) is 12.0. The number of amides is 1. The largest absolute Gasteiger partial charge is 0.368 e. The molecule has 0 N–H and O–H groups in total. The summed E-state index contributed by atoms with van der Waals surface area (Å²) in [7, 11) is -3.68. The topological polar surface area (TPSA) is 86.7 Å². The Hall–Kier alpha value is -2.56. The van der Waals surface area contributed by atoms with Gasteiger partial charge in [0.15, 0.2) is 0 Å². The lowest BCUT2D eigenvalue weighted by molar-refractivity contribution is -0.139. The number of carbonyl (C=O) groups excluding carboxylic acids is 1. The smallest absolute Gasteiger partial charge is 0.245 e. The number of sulfonamides is 1. The molecule has 5 rings (SSSR count). The van der Waals surface area contributed by atoms with Crippen LogP contribution >= 0.6 is 11.7 Å². The summed E-state index contributed by atoms with van der Waals surface area (Å²) in [4.78, 5) is 17.2. The highest BCUT2D eigenvalue weighted by atomic mass is 32.2. The molecule has 2 saturated heterocycles. The summed E-state index contributed by atoms with van der Waals surface area (Å²) in [6.45, 7) is 3.30. The minimum Gasteiger partial charge on any atom is -0.368 e. The highest BCUT2D eigenvalue weighted by Gasteiger charge is 2.43. The number of rotatable bonds is 4. The monoisotopic (exact) mass is 443 g/mol. The van der Waals surface area contributed by atoms with Gasteiger partial charge in [-0.1, -0.05) is 24.3 Å². The average Bonchev–Trinajstić information content (AvgIpc) is 3.22. The van der Waals surface area contributed by atoms with Crippen molar-refractivity contribution in [1.82, 2.24) is 18.0 Å². The van der Waals surface area contributed by atoms with Gasteiger partial charge in [-0.2, -0.15) is 13.1 Å². The van der Waals surface area contributed by atoms with Crippen LogP contribution in [0.2, 0.25) is 0 Å². The van der Waals surface area contributed by atoms with Gasteiger partial charge in [-0.25, -0.2) is 8.42 Å². The van der Waals surface area contributed by atoms with Crippen molar-refractivity contribution in [3.63, 3.8) is 0 Å². The molecule has 2 aliphatic rings. The number of anilines is 1. The Labute approximate surface area is 179 Å². The van der Waals surface area contributed by atoms with Gasteiger partial charge in [0.1, 0.15) is 15.9 Å². The van der Waals surface area contributed by atoms with Crippen LogP contribution in [0.3, 0.4) is 0 Å². The van der Waals surface area contributed by atoms with Crippen molar-refractivity contribution < 1.29 is 13.2 Å². The van der Waals surface area contributed by atoms with Crippen LogP contribution in [0, 0.1) is 5.92 Å². The number of fused-ring (bicyclic) bond motifs is 1. The van der Waals surface area contributed by atoms with Crippen molar-refractivity contribution in [2.75, 3.05) is 44.2 Å². The maximum atomic E-state index is 13.0. The number of nitrogens with zero attached hydrogens (tertiary/aromatic N) is 5. The number of para-hydroxylation sites is 1. The van der Waals surface area contributed by atoms with Gasteiger partial charge in [-0.15, -0.1) is 0 Å². The summed E-state index contributed by atoms with van der Waals surface area (Å²) in [5.74, 6) is -0.237. The zero-order valence-corrected chi connectivity index (χ0v) is 17.8. The summed E-state index contributed by atoms with van der Waals surface area (Å²) < 4.78 is 35.6. The third-order valence-corrected chi connectivity index (χ3v) is 8.18. The van der Waals surface area contributed by atoms with Gasteiger partial charge in [0.2, 0.25) is 15.9 Å². The SMILES string of the molecule is O=C(C1CN(S(=O)(=O)c2cccc3nsnc23)C1)N1CCN(c2ccccc2)CC1. The number of hydrogen-bond donors (Lipinski definition) is 0. The molecule has 30 heavy (non-hydrogen) atoms. The summed E-state index contributed by atoms with van der Waals surface area (Å²) in [6.07, 6.45) is 0. The van der Waals surface area contributed by atoms with Crippen molar-refractivity contribution in [3.8, 4) is 0 Å². The van der Waals surface area contributed by atoms with E-state index in [1.54, 1.807) is 18.2 Å². The Morgan fingerprint density at radius 3 is 2.40 bits per heavy atom. The molecule has 10 heteroatoms. The normalized spacial score (nSPS) is 18.5. The van der Waals surface area contributed by atoms with Gasteiger partial charge in [0.25, 0.3) is 0 Å². The Bertz CT molecular complexity index is 1170. The predicted octanol–water partition coefficient (Wildman–Crippen LogP) is 1.66. The fraction of sp³-hybridized carbons (Fsp3) is 0.350. The molecule has 3 aromatic rings. The first-order chi connectivity index (χ1) is 14.5. The minimum absolute atomic E-state index is 0.0442. The van der Waals surface area contributed by atoms with Crippen molar-refractivity contribution in [2.45, 2.75) is 4.90 Å². The van der Waals surface area contributed by atoms with Crippen LogP contribution in [0.25, 0.3) is 11.0 Å². The van der Waals surface area contributed by atoms with Crippen molar-refractivity contribution in [3.05, 3.63) is 48.5 Å². The molecule has 0 unspecified atom stereocenters. The molecule has 0 spiro atoms. The van der Waals surface area contributed by atoms with Gasteiger partial charge in [0.05, 0.1) is 17.6 Å². The molecule has 0 radical (unpaired) electrons. The van der Waals surface area contributed by atoms with E-state index in [0.717, 1.165) is 30.5 Å². The first kappa shape index (κ1) is 19.4. The Balaban J connectivity index is 1.21. The van der Waals surface area contributed by atoms with Gasteiger partial charge in [0, 0.05) is 45.0 Å². The average molecular weight is 444 g/mol. The number of aromatic nitrogens is 2. The van der Waals surface area contributed by atoms with E-state index < -0.39 is 10.0 Å². The molecule has 0 saturated carbocycles. The summed E-state index contributed by atoms with van der Waals surface area (Å²) in [6, 6.07) is 15.1. The maximum Gasteiger partial charge on any atom is 0.245 e. The molecule has 0 bridgehead atoms. The number of hydrogen-bond acceptors (Lipinski definition) is 7. The number of piperazine rings is 1. The van der Waals surface area contributed by atoms with E-state index in [-0.39, 0.29) is 29.8 Å². The Kier molecular flexibility index (Phi) is 4.92. The minimum atomic E-state index is -3.68. The highest BCUT2D eigenvalue weighted by Crippen LogP contribution is 2.30. The Morgan fingerprint density at radius 2 is 1.67 bits per heavy atom. The van der Waals surface area contributed by atoms with E-state index in [1.165, 1.54) is 4.31 Å². The number of benzene rings is 2. The van der Waals surface area contributed by atoms with Crippen LogP contribution in [-0.4, -0.2) is 71.5 Å². The van der Waals surface area contributed by atoms with Crippen LogP contribution in [0.4, 0.5) is 5.69 Å². The summed E-state index contributed by atoms with van der Waals surface area (Å²) >= 11 is 0.995. The van der Waals surface area contributed by atoms with Crippen LogP contribution in [0.15, 0.2) is 53.4 Å². The highest BCUT2D eigenvalue weighted by molar-refractivity contribution is 7.89. The predicted molar refractivity (Wildman–Crippen MR) is 115 cm³/mol. The fourth-order valence-corrected chi connectivity index (χ4v) is 6.28. The van der Waals surface area contributed by atoms with Gasteiger partial charge in [-0.05, 0) is 24.3 Å². The molecular formula is C20H21N5O3S2. The second-order valence-corrected chi connectivity index (χ2v) is 9.99. The molecule has 8 nitrogen and oxygen atoms in total. The Morgan fingerprint density at radius 1 is 0.933 bits per heavy atom. The first-order valence-electron chi connectivity index (χ1n) is 9.84. The zero-order valence-electron chi connectivity index (χ0n) is 16.2. The molecule has 0 atom stereocenters. The molecular weight excluding hydrogens is 422 g/mol. The van der Waals surface area contributed by atoms with E-state index >= 15 is 0 Å². The van der Waals surface area contributed by atoms with E-state index in [2.05, 4.69) is 25.8 Å². The summed E-state index contributed by atoms with van der Waals surface area (Å²) in [5.41, 5.74) is 2.14. The third-order valence-electron chi connectivity index (χ3n) is 5.78.